The van der Waals surface area contributed by atoms with Crippen LogP contribution in [0.2, 0.25) is 0 Å². The summed E-state index contributed by atoms with van der Waals surface area (Å²) in [5.74, 6) is 2.49. The van der Waals surface area contributed by atoms with E-state index in [0.717, 1.165) is 31.8 Å². The second-order valence-corrected chi connectivity index (χ2v) is 15.0. The van der Waals surface area contributed by atoms with E-state index >= 15 is 0 Å². The number of carbonyl (C=O) groups excluding carboxylic acids is 1. The largest absolute Gasteiger partial charge is 0.349 e. The SMILES string of the molecule is CC(C)[C@@]12CC[C@@]3(CC[C@]4(C)[C@H](CC[C@@H]5[C@@]6(C)CCC(=O)C(C)(C)[C@@H]6CC[C@]54C)[C@H]3O1)CO2. The fourth-order valence-electron chi connectivity index (χ4n) is 11.2. The van der Waals surface area contributed by atoms with E-state index in [1.807, 2.05) is 0 Å². The Labute approximate surface area is 202 Å². The molecule has 186 valence electrons. The number of hydrogen-bond acceptors (Lipinski definition) is 3. The van der Waals surface area contributed by atoms with Crippen LogP contribution in [0.5, 0.6) is 0 Å². The van der Waals surface area contributed by atoms with Crippen molar-refractivity contribution in [1.29, 1.82) is 0 Å². The number of ketones is 1. The lowest BCUT2D eigenvalue weighted by molar-refractivity contribution is -0.416. The van der Waals surface area contributed by atoms with Gasteiger partial charge in [-0.1, -0.05) is 48.5 Å². The van der Waals surface area contributed by atoms with Crippen LogP contribution < -0.4 is 0 Å². The Hall–Kier alpha value is -0.410. The number of fused-ring (bicyclic) bond motifs is 7. The van der Waals surface area contributed by atoms with Gasteiger partial charge < -0.3 is 9.47 Å². The summed E-state index contributed by atoms with van der Waals surface area (Å²) in [5, 5.41) is 0. The first kappa shape index (κ1) is 23.0. The molecular formula is C30H48O3. The molecule has 4 saturated carbocycles. The lowest BCUT2D eigenvalue weighted by Gasteiger charge is -2.74. The minimum Gasteiger partial charge on any atom is -0.349 e. The van der Waals surface area contributed by atoms with Gasteiger partial charge in [0.1, 0.15) is 5.78 Å². The molecule has 9 atom stereocenters. The zero-order valence-corrected chi connectivity index (χ0v) is 22.4. The maximum atomic E-state index is 12.9. The lowest BCUT2D eigenvalue weighted by atomic mass is 9.33. The molecule has 33 heavy (non-hydrogen) atoms. The minimum absolute atomic E-state index is 0.157. The van der Waals surface area contributed by atoms with E-state index < -0.39 is 0 Å². The van der Waals surface area contributed by atoms with Gasteiger partial charge in [-0.15, -0.1) is 0 Å². The van der Waals surface area contributed by atoms with Crippen molar-refractivity contribution in [2.45, 2.75) is 125 Å². The highest BCUT2D eigenvalue weighted by Crippen LogP contribution is 2.76. The lowest BCUT2D eigenvalue weighted by Crippen LogP contribution is -2.72. The molecule has 0 aromatic heterocycles. The fraction of sp³-hybridized carbons (Fsp3) is 0.967. The maximum absolute atomic E-state index is 12.9. The van der Waals surface area contributed by atoms with Crippen molar-refractivity contribution in [2.24, 2.45) is 50.7 Å². The van der Waals surface area contributed by atoms with Gasteiger partial charge in [0, 0.05) is 29.6 Å². The smallest absolute Gasteiger partial charge is 0.170 e. The van der Waals surface area contributed by atoms with Crippen LogP contribution >= 0.6 is 0 Å². The summed E-state index contributed by atoms with van der Waals surface area (Å²) in [7, 11) is 0. The molecule has 7 fully saturated rings. The molecule has 3 aliphatic heterocycles. The van der Waals surface area contributed by atoms with Gasteiger partial charge in [-0.2, -0.15) is 0 Å². The highest BCUT2D eigenvalue weighted by Gasteiger charge is 2.72. The number of Topliss-reactive ketones (excluding diaryl/α,β-unsaturated/α-hetero) is 1. The molecule has 7 rings (SSSR count). The molecule has 3 heterocycles. The van der Waals surface area contributed by atoms with E-state index in [2.05, 4.69) is 48.5 Å². The molecule has 3 heteroatoms. The topological polar surface area (TPSA) is 35.5 Å². The van der Waals surface area contributed by atoms with Crippen LogP contribution in [0, 0.1) is 50.7 Å². The van der Waals surface area contributed by atoms with Crippen LogP contribution in [0.3, 0.4) is 0 Å². The van der Waals surface area contributed by atoms with Crippen LogP contribution in [0.1, 0.15) is 113 Å². The van der Waals surface area contributed by atoms with Crippen molar-refractivity contribution in [3.05, 3.63) is 0 Å². The minimum atomic E-state index is -0.347. The van der Waals surface area contributed by atoms with E-state index in [1.165, 1.54) is 44.9 Å². The van der Waals surface area contributed by atoms with Crippen LogP contribution in [0.15, 0.2) is 0 Å². The second-order valence-electron chi connectivity index (χ2n) is 15.0. The van der Waals surface area contributed by atoms with Crippen LogP contribution in [-0.2, 0) is 14.3 Å². The average Bonchev–Trinajstić information content (AvgIpc) is 2.77. The summed E-state index contributed by atoms with van der Waals surface area (Å²) in [6, 6.07) is 0. The standard InChI is InChI=1S/C30H48O3/c1-19(2)30-17-16-29(18-32-30)15-14-27(6)20(24(29)33-30)8-9-22-26(5)12-11-23(31)25(3,4)21(26)10-13-28(22,27)7/h19-22,24H,8-18H2,1-7H3/t20-,21+,22-,24-,26+,27-,28-,29+,30-/m1/s1. The third-order valence-electron chi connectivity index (χ3n) is 13.6. The number of carbonyl (C=O) groups is 1. The van der Waals surface area contributed by atoms with Gasteiger partial charge in [0.2, 0.25) is 0 Å². The molecule has 0 aromatic carbocycles. The van der Waals surface area contributed by atoms with Crippen LogP contribution in [-0.4, -0.2) is 24.3 Å². The van der Waals surface area contributed by atoms with E-state index in [0.29, 0.717) is 45.9 Å². The Balaban J connectivity index is 1.37. The van der Waals surface area contributed by atoms with Crippen molar-refractivity contribution >= 4 is 5.78 Å². The van der Waals surface area contributed by atoms with Gasteiger partial charge >= 0.3 is 0 Å². The molecule has 4 aliphatic carbocycles. The summed E-state index contributed by atoms with van der Waals surface area (Å²) in [5.41, 5.74) is 1.05. The zero-order chi connectivity index (χ0) is 23.7. The predicted octanol–water partition coefficient (Wildman–Crippen LogP) is 7.17. The van der Waals surface area contributed by atoms with E-state index in [4.69, 9.17) is 9.47 Å². The number of hydrogen-bond donors (Lipinski definition) is 0. The first-order chi connectivity index (χ1) is 15.3. The van der Waals surface area contributed by atoms with Gasteiger partial charge in [0.05, 0.1) is 12.7 Å². The van der Waals surface area contributed by atoms with Gasteiger partial charge in [-0.3, -0.25) is 4.79 Å². The molecule has 3 saturated heterocycles. The van der Waals surface area contributed by atoms with Crippen LogP contribution in [0.25, 0.3) is 0 Å². The molecule has 0 amide bonds. The number of rotatable bonds is 1. The van der Waals surface area contributed by atoms with E-state index in [9.17, 15) is 4.79 Å². The van der Waals surface area contributed by atoms with E-state index in [-0.39, 0.29) is 16.6 Å². The van der Waals surface area contributed by atoms with Crippen molar-refractivity contribution in [3.8, 4) is 0 Å². The predicted molar refractivity (Wildman–Crippen MR) is 131 cm³/mol. The van der Waals surface area contributed by atoms with Gasteiger partial charge in [0.15, 0.2) is 5.79 Å². The highest BCUT2D eigenvalue weighted by molar-refractivity contribution is 5.85. The Morgan fingerprint density at radius 1 is 0.818 bits per heavy atom. The fourth-order valence-corrected chi connectivity index (χ4v) is 11.2. The van der Waals surface area contributed by atoms with Gasteiger partial charge in [-0.05, 0) is 85.4 Å². The zero-order valence-electron chi connectivity index (χ0n) is 22.4. The van der Waals surface area contributed by atoms with E-state index in [1.54, 1.807) is 0 Å². The number of ether oxygens (including phenoxy) is 2. The highest BCUT2D eigenvalue weighted by atomic mass is 16.7. The van der Waals surface area contributed by atoms with Crippen molar-refractivity contribution in [3.63, 3.8) is 0 Å². The summed E-state index contributed by atoms with van der Waals surface area (Å²) in [6.07, 6.45) is 12.4. The first-order valence-corrected chi connectivity index (χ1v) is 14.2. The molecule has 2 bridgehead atoms. The Morgan fingerprint density at radius 3 is 2.21 bits per heavy atom. The first-order valence-electron chi connectivity index (χ1n) is 14.2. The Morgan fingerprint density at radius 2 is 1.55 bits per heavy atom. The quantitative estimate of drug-likeness (QED) is 0.419. The van der Waals surface area contributed by atoms with Gasteiger partial charge in [0.25, 0.3) is 0 Å². The normalized spacial score (nSPS) is 57.2. The van der Waals surface area contributed by atoms with Crippen molar-refractivity contribution in [1.82, 2.24) is 0 Å². The molecule has 7 aliphatic rings. The Bertz CT molecular complexity index is 851. The monoisotopic (exact) mass is 456 g/mol. The summed E-state index contributed by atoms with van der Waals surface area (Å²) >= 11 is 0. The summed E-state index contributed by atoms with van der Waals surface area (Å²) < 4.78 is 13.6. The second kappa shape index (κ2) is 6.67. The van der Waals surface area contributed by atoms with Crippen molar-refractivity contribution in [2.75, 3.05) is 6.61 Å². The maximum Gasteiger partial charge on any atom is 0.170 e. The van der Waals surface area contributed by atoms with Crippen molar-refractivity contribution < 1.29 is 14.3 Å². The summed E-state index contributed by atoms with van der Waals surface area (Å²) in [4.78, 5) is 12.9. The molecule has 0 N–H and O–H groups in total. The van der Waals surface area contributed by atoms with Gasteiger partial charge in [-0.25, -0.2) is 0 Å². The molecule has 0 radical (unpaired) electrons. The Kier molecular flexibility index (Phi) is 4.65. The average molecular weight is 457 g/mol. The molecule has 0 unspecified atom stereocenters. The molecule has 1 spiro atoms. The third kappa shape index (κ3) is 2.58. The molecule has 3 nitrogen and oxygen atoms in total. The molecular weight excluding hydrogens is 408 g/mol. The third-order valence-corrected chi connectivity index (χ3v) is 13.6. The summed E-state index contributed by atoms with van der Waals surface area (Å²) in [6.45, 7) is 17.9. The van der Waals surface area contributed by atoms with Crippen LogP contribution in [0.4, 0.5) is 0 Å². The molecule has 0 aromatic rings.